The summed E-state index contributed by atoms with van der Waals surface area (Å²) in [5.41, 5.74) is 4.41. The molecule has 0 radical (unpaired) electrons. The van der Waals surface area contributed by atoms with Crippen LogP contribution in [0.25, 0.3) is 11.3 Å². The van der Waals surface area contributed by atoms with Crippen molar-refractivity contribution >= 4 is 5.97 Å². The Morgan fingerprint density at radius 2 is 1.86 bits per heavy atom. The van der Waals surface area contributed by atoms with Crippen LogP contribution in [0.1, 0.15) is 40.9 Å². The van der Waals surface area contributed by atoms with Crippen LogP contribution in [0.2, 0.25) is 0 Å². The zero-order valence-electron chi connectivity index (χ0n) is 12.9. The zero-order chi connectivity index (χ0) is 15.7. The van der Waals surface area contributed by atoms with Gasteiger partial charge in [-0.3, -0.25) is 4.68 Å². The van der Waals surface area contributed by atoms with Crippen LogP contribution in [-0.2, 0) is 19.9 Å². The number of carboxylic acid groups (broad SMARTS) is 1. The van der Waals surface area contributed by atoms with Gasteiger partial charge in [-0.05, 0) is 55.0 Å². The third-order valence-corrected chi connectivity index (χ3v) is 4.29. The van der Waals surface area contributed by atoms with Crippen LogP contribution in [0.4, 0.5) is 0 Å². The van der Waals surface area contributed by atoms with Crippen LogP contribution in [-0.4, -0.2) is 28.0 Å². The fraction of sp³-hybridized carbons (Fsp3) is 0.412. The highest BCUT2D eigenvalue weighted by Gasteiger charge is 2.19. The number of ether oxygens (including phenoxy) is 1. The van der Waals surface area contributed by atoms with Crippen LogP contribution < -0.4 is 4.74 Å². The molecule has 1 aliphatic carbocycles. The molecular weight excluding hydrogens is 280 g/mol. The third-order valence-electron chi connectivity index (χ3n) is 4.29. The van der Waals surface area contributed by atoms with Crippen LogP contribution in [0, 0.1) is 0 Å². The van der Waals surface area contributed by atoms with Gasteiger partial charge in [0.25, 0.3) is 0 Å². The lowest BCUT2D eigenvalue weighted by molar-refractivity contribution is 0.0689. The fourth-order valence-electron chi connectivity index (χ4n) is 3.13. The molecule has 0 fully saturated rings. The van der Waals surface area contributed by atoms with Crippen LogP contribution in [0.5, 0.6) is 5.75 Å². The number of carbonyl (C=O) groups is 1. The number of aromatic nitrogens is 2. The molecular formula is C17H20N2O3. The minimum atomic E-state index is -1.02. The monoisotopic (exact) mass is 300 g/mol. The molecule has 1 N–H and O–H groups in total. The maximum Gasteiger partial charge on any atom is 0.356 e. The lowest BCUT2D eigenvalue weighted by Crippen LogP contribution is -2.01. The molecule has 0 spiro atoms. The summed E-state index contributed by atoms with van der Waals surface area (Å²) in [4.78, 5) is 11.1. The maximum absolute atomic E-state index is 11.1. The summed E-state index contributed by atoms with van der Waals surface area (Å²) in [7, 11) is 3.41. The highest BCUT2D eigenvalue weighted by molar-refractivity contribution is 5.87. The summed E-state index contributed by atoms with van der Waals surface area (Å²) < 4.78 is 7.14. The van der Waals surface area contributed by atoms with Crippen molar-refractivity contribution in [3.05, 3.63) is 35.0 Å². The van der Waals surface area contributed by atoms with E-state index in [1.807, 2.05) is 0 Å². The largest absolute Gasteiger partial charge is 0.496 e. The Morgan fingerprint density at radius 3 is 2.45 bits per heavy atom. The molecule has 1 heterocycles. The minimum Gasteiger partial charge on any atom is -0.496 e. The van der Waals surface area contributed by atoms with Crippen molar-refractivity contribution in [2.75, 3.05) is 7.11 Å². The number of hydrogen-bond donors (Lipinski definition) is 1. The van der Waals surface area contributed by atoms with Crippen molar-refractivity contribution in [3.8, 4) is 17.0 Å². The third kappa shape index (κ3) is 2.58. The van der Waals surface area contributed by atoms with Gasteiger partial charge in [-0.1, -0.05) is 6.42 Å². The molecule has 0 atom stereocenters. The Bertz CT molecular complexity index is 719. The number of rotatable bonds is 3. The van der Waals surface area contributed by atoms with Gasteiger partial charge < -0.3 is 9.84 Å². The normalized spacial score (nSPS) is 14.3. The molecule has 5 heteroatoms. The number of fused-ring (bicyclic) bond motifs is 1. The number of hydrogen-bond acceptors (Lipinski definition) is 3. The number of benzene rings is 1. The molecule has 0 amide bonds. The van der Waals surface area contributed by atoms with E-state index in [1.54, 1.807) is 24.9 Å². The van der Waals surface area contributed by atoms with Crippen molar-refractivity contribution in [2.24, 2.45) is 7.05 Å². The molecule has 2 aromatic rings. The predicted octanol–water partition coefficient (Wildman–Crippen LogP) is 3.06. The Hall–Kier alpha value is -2.30. The van der Waals surface area contributed by atoms with Gasteiger partial charge in [0.1, 0.15) is 5.75 Å². The molecule has 116 valence electrons. The number of methoxy groups -OCH3 is 1. The summed E-state index contributed by atoms with van der Waals surface area (Å²) in [5.74, 6) is -0.240. The number of aromatic carboxylic acids is 1. The van der Waals surface area contributed by atoms with Gasteiger partial charge in [-0.25, -0.2) is 4.79 Å². The van der Waals surface area contributed by atoms with Crippen LogP contribution in [0.15, 0.2) is 18.2 Å². The second kappa shape index (κ2) is 5.83. The van der Waals surface area contributed by atoms with Gasteiger partial charge in [0, 0.05) is 12.6 Å². The standard InChI is InChI=1S/C17H20N2O3/c1-19-15(10-14(18-19)17(20)21)13-8-11-6-4-3-5-7-12(11)9-16(13)22-2/h8-10H,3-7H2,1-2H3,(H,20,21). The van der Waals surface area contributed by atoms with E-state index in [0.29, 0.717) is 0 Å². The molecule has 3 rings (SSSR count). The topological polar surface area (TPSA) is 64.3 Å². The summed E-state index contributed by atoms with van der Waals surface area (Å²) >= 11 is 0. The molecule has 22 heavy (non-hydrogen) atoms. The molecule has 1 aliphatic rings. The summed E-state index contributed by atoms with van der Waals surface area (Å²) in [5, 5.41) is 13.2. The van der Waals surface area contributed by atoms with Gasteiger partial charge >= 0.3 is 5.97 Å². The van der Waals surface area contributed by atoms with Crippen molar-refractivity contribution in [3.63, 3.8) is 0 Å². The van der Waals surface area contributed by atoms with E-state index >= 15 is 0 Å². The van der Waals surface area contributed by atoms with Gasteiger partial charge in [0.2, 0.25) is 0 Å². The van der Waals surface area contributed by atoms with Crippen LogP contribution in [0.3, 0.4) is 0 Å². The van der Waals surface area contributed by atoms with E-state index in [1.165, 1.54) is 30.4 Å². The summed E-state index contributed by atoms with van der Waals surface area (Å²) in [6.45, 7) is 0. The Morgan fingerprint density at radius 1 is 1.18 bits per heavy atom. The summed E-state index contributed by atoms with van der Waals surface area (Å²) in [6, 6.07) is 5.84. The first kappa shape index (κ1) is 14.6. The minimum absolute atomic E-state index is 0.0505. The summed E-state index contributed by atoms with van der Waals surface area (Å²) in [6.07, 6.45) is 5.81. The average molecular weight is 300 g/mol. The van der Waals surface area contributed by atoms with Crippen molar-refractivity contribution in [1.82, 2.24) is 9.78 Å². The SMILES string of the molecule is COc1cc2c(cc1-c1cc(C(=O)O)nn1C)CCCCC2. The Kier molecular flexibility index (Phi) is 3.88. The first-order valence-corrected chi connectivity index (χ1v) is 7.57. The molecule has 5 nitrogen and oxygen atoms in total. The van der Waals surface area contributed by atoms with Gasteiger partial charge in [-0.2, -0.15) is 5.10 Å². The quantitative estimate of drug-likeness (QED) is 0.885. The zero-order valence-corrected chi connectivity index (χ0v) is 12.9. The Balaban J connectivity index is 2.13. The smallest absolute Gasteiger partial charge is 0.356 e. The van der Waals surface area contributed by atoms with Gasteiger partial charge in [0.05, 0.1) is 12.8 Å². The van der Waals surface area contributed by atoms with E-state index in [9.17, 15) is 4.79 Å². The number of nitrogens with zero attached hydrogens (tertiary/aromatic N) is 2. The molecule has 0 saturated carbocycles. The molecule has 0 unspecified atom stereocenters. The number of aryl methyl sites for hydroxylation is 3. The molecule has 1 aromatic heterocycles. The van der Waals surface area contributed by atoms with E-state index in [-0.39, 0.29) is 5.69 Å². The van der Waals surface area contributed by atoms with Gasteiger partial charge in [0.15, 0.2) is 5.69 Å². The highest BCUT2D eigenvalue weighted by atomic mass is 16.5. The molecule has 0 bridgehead atoms. The maximum atomic E-state index is 11.1. The van der Waals surface area contributed by atoms with Crippen molar-refractivity contribution in [2.45, 2.75) is 32.1 Å². The first-order chi connectivity index (χ1) is 10.6. The molecule has 0 saturated heterocycles. The van der Waals surface area contributed by atoms with Crippen molar-refractivity contribution in [1.29, 1.82) is 0 Å². The molecule has 1 aromatic carbocycles. The first-order valence-electron chi connectivity index (χ1n) is 7.57. The predicted molar refractivity (Wildman–Crippen MR) is 83.4 cm³/mol. The highest BCUT2D eigenvalue weighted by Crippen LogP contribution is 2.35. The van der Waals surface area contributed by atoms with Crippen molar-refractivity contribution < 1.29 is 14.6 Å². The van der Waals surface area contributed by atoms with E-state index in [2.05, 4.69) is 17.2 Å². The Labute approximate surface area is 129 Å². The van der Waals surface area contributed by atoms with Gasteiger partial charge in [-0.15, -0.1) is 0 Å². The lowest BCUT2D eigenvalue weighted by Gasteiger charge is -2.14. The van der Waals surface area contributed by atoms with Crippen LogP contribution >= 0.6 is 0 Å². The fourth-order valence-corrected chi connectivity index (χ4v) is 3.13. The second-order valence-electron chi connectivity index (χ2n) is 5.73. The van der Waals surface area contributed by atoms with E-state index in [0.717, 1.165) is 29.8 Å². The van der Waals surface area contributed by atoms with E-state index < -0.39 is 5.97 Å². The molecule has 0 aliphatic heterocycles. The lowest BCUT2D eigenvalue weighted by atomic mass is 9.97. The van der Waals surface area contributed by atoms with E-state index in [4.69, 9.17) is 9.84 Å². The second-order valence-corrected chi connectivity index (χ2v) is 5.73. The number of carboxylic acids is 1. The average Bonchev–Trinajstić information content (AvgIpc) is 2.75.